The normalized spacial score (nSPS) is 10.8. The molecule has 0 atom stereocenters. The van der Waals surface area contributed by atoms with E-state index >= 15 is 0 Å². The summed E-state index contributed by atoms with van der Waals surface area (Å²) in [4.78, 5) is 27.1. The van der Waals surface area contributed by atoms with Gasteiger partial charge in [-0.2, -0.15) is 0 Å². The van der Waals surface area contributed by atoms with Crippen LogP contribution >= 0.6 is 0 Å². The van der Waals surface area contributed by atoms with E-state index in [0.717, 1.165) is 12.1 Å². The van der Waals surface area contributed by atoms with E-state index in [9.17, 15) is 13.6 Å². The van der Waals surface area contributed by atoms with E-state index in [-0.39, 0.29) is 17.9 Å². The van der Waals surface area contributed by atoms with Crippen molar-refractivity contribution in [3.63, 3.8) is 0 Å². The maximum Gasteiger partial charge on any atom is 0.278 e. The second kappa shape index (κ2) is 7.48. The summed E-state index contributed by atoms with van der Waals surface area (Å²) in [7, 11) is 0. The maximum absolute atomic E-state index is 14.4. The molecule has 0 fully saturated rings. The molecule has 0 saturated heterocycles. The molecule has 138 valence electrons. The first-order chi connectivity index (χ1) is 13.6. The van der Waals surface area contributed by atoms with Crippen LogP contribution in [0.2, 0.25) is 0 Å². The molecule has 0 N–H and O–H groups in total. The topological polar surface area (TPSA) is 59.0 Å². The van der Waals surface area contributed by atoms with Crippen molar-refractivity contribution in [3.05, 3.63) is 96.1 Å². The summed E-state index contributed by atoms with van der Waals surface area (Å²) in [6.45, 7) is -0.00324. The predicted octanol–water partition coefficient (Wildman–Crippen LogP) is 4.15. The number of pyridine rings is 1. The van der Waals surface area contributed by atoms with Crippen LogP contribution in [0.3, 0.4) is 0 Å². The second-order valence-electron chi connectivity index (χ2n) is 6.05. The molecule has 4 rings (SSSR count). The maximum atomic E-state index is 14.4. The molecule has 4 aromatic rings. The molecule has 28 heavy (non-hydrogen) atoms. The number of nitrogens with zero attached hydrogens (tertiary/aromatic N) is 4. The molecule has 2 heterocycles. The summed E-state index contributed by atoms with van der Waals surface area (Å²) in [6, 6.07) is 15.4. The fourth-order valence-corrected chi connectivity index (χ4v) is 2.82. The highest BCUT2D eigenvalue weighted by Gasteiger charge is 2.23. The van der Waals surface area contributed by atoms with Gasteiger partial charge < -0.3 is 0 Å². The number of hydrogen-bond donors (Lipinski definition) is 0. The molecule has 5 nitrogen and oxygen atoms in total. The van der Waals surface area contributed by atoms with Crippen LogP contribution < -0.4 is 4.90 Å². The van der Waals surface area contributed by atoms with Gasteiger partial charge in [0.05, 0.1) is 35.2 Å². The Morgan fingerprint density at radius 2 is 1.71 bits per heavy atom. The average Bonchev–Trinajstić information content (AvgIpc) is 2.72. The minimum absolute atomic E-state index is 0.00324. The van der Waals surface area contributed by atoms with Crippen molar-refractivity contribution < 1.29 is 13.6 Å². The molecular weight excluding hydrogens is 362 g/mol. The fourth-order valence-electron chi connectivity index (χ4n) is 2.82. The average molecular weight is 376 g/mol. The molecule has 1 amide bonds. The van der Waals surface area contributed by atoms with Crippen LogP contribution in [0.4, 0.5) is 14.5 Å². The zero-order valence-corrected chi connectivity index (χ0v) is 14.6. The zero-order valence-electron chi connectivity index (χ0n) is 14.6. The smallest absolute Gasteiger partial charge is 0.278 e. The molecule has 2 aromatic carbocycles. The lowest BCUT2D eigenvalue weighted by Gasteiger charge is -2.22. The van der Waals surface area contributed by atoms with E-state index in [4.69, 9.17) is 0 Å². The van der Waals surface area contributed by atoms with Gasteiger partial charge in [0.2, 0.25) is 0 Å². The highest BCUT2D eigenvalue weighted by molar-refractivity contribution is 6.05. The first-order valence-electron chi connectivity index (χ1n) is 8.50. The highest BCUT2D eigenvalue weighted by Crippen LogP contribution is 2.24. The van der Waals surface area contributed by atoms with E-state index in [1.165, 1.54) is 17.2 Å². The third-order valence-corrected chi connectivity index (χ3v) is 4.16. The summed E-state index contributed by atoms with van der Waals surface area (Å²) < 4.78 is 27.8. The van der Waals surface area contributed by atoms with Crippen LogP contribution in [-0.2, 0) is 6.54 Å². The lowest BCUT2D eigenvalue weighted by molar-refractivity contribution is 0.0979. The van der Waals surface area contributed by atoms with Gasteiger partial charge in [0.1, 0.15) is 17.3 Å². The van der Waals surface area contributed by atoms with E-state index < -0.39 is 17.5 Å². The quantitative estimate of drug-likeness (QED) is 0.537. The number of anilines is 1. The van der Waals surface area contributed by atoms with Gasteiger partial charge in [0.25, 0.3) is 5.91 Å². The third-order valence-electron chi connectivity index (χ3n) is 4.16. The highest BCUT2D eigenvalue weighted by atomic mass is 19.1. The van der Waals surface area contributed by atoms with E-state index in [1.807, 2.05) is 6.07 Å². The number of halogens is 2. The Morgan fingerprint density at radius 3 is 2.46 bits per heavy atom. The molecule has 0 bridgehead atoms. The number of carbonyl (C=O) groups is 1. The van der Waals surface area contributed by atoms with Gasteiger partial charge >= 0.3 is 0 Å². The monoisotopic (exact) mass is 376 g/mol. The standard InChI is InChI=1S/C21H14F2N4O/c22-14-8-9-20(16(23)11-14)27(13-15-5-3-4-10-24-15)21(28)19-12-25-17-6-1-2-7-18(17)26-19/h1-12H,13H2. The Labute approximate surface area is 159 Å². The Bertz CT molecular complexity index is 1150. The van der Waals surface area contributed by atoms with Crippen LogP contribution in [-0.4, -0.2) is 20.9 Å². The van der Waals surface area contributed by atoms with E-state index in [1.54, 1.807) is 42.6 Å². The molecule has 0 aliphatic rings. The molecule has 2 aromatic heterocycles. The number of para-hydroxylation sites is 2. The van der Waals surface area contributed by atoms with Gasteiger partial charge in [-0.15, -0.1) is 0 Å². The molecule has 0 spiro atoms. The van der Waals surface area contributed by atoms with Gasteiger partial charge in [-0.3, -0.25) is 19.7 Å². The van der Waals surface area contributed by atoms with Gasteiger partial charge in [-0.05, 0) is 36.4 Å². The summed E-state index contributed by atoms with van der Waals surface area (Å²) in [5.41, 5.74) is 1.73. The number of benzene rings is 2. The number of rotatable bonds is 4. The molecule has 0 saturated carbocycles. The van der Waals surface area contributed by atoms with Crippen molar-refractivity contribution in [2.24, 2.45) is 0 Å². The molecule has 7 heteroatoms. The van der Waals surface area contributed by atoms with Gasteiger partial charge in [0, 0.05) is 12.3 Å². The zero-order chi connectivity index (χ0) is 19.5. The lowest BCUT2D eigenvalue weighted by Crippen LogP contribution is -2.32. The van der Waals surface area contributed by atoms with Crippen LogP contribution in [0.25, 0.3) is 11.0 Å². The van der Waals surface area contributed by atoms with Crippen LogP contribution in [0.5, 0.6) is 0 Å². The predicted molar refractivity (Wildman–Crippen MR) is 101 cm³/mol. The Kier molecular flexibility index (Phi) is 4.72. The number of hydrogen-bond acceptors (Lipinski definition) is 4. The second-order valence-corrected chi connectivity index (χ2v) is 6.05. The fraction of sp³-hybridized carbons (Fsp3) is 0.0476. The van der Waals surface area contributed by atoms with Crippen molar-refractivity contribution in [2.75, 3.05) is 4.90 Å². The Morgan fingerprint density at radius 1 is 0.929 bits per heavy atom. The van der Waals surface area contributed by atoms with Crippen molar-refractivity contribution >= 4 is 22.6 Å². The number of aromatic nitrogens is 3. The van der Waals surface area contributed by atoms with Crippen molar-refractivity contribution in [2.45, 2.75) is 6.54 Å². The Hall–Kier alpha value is -3.74. The number of amides is 1. The summed E-state index contributed by atoms with van der Waals surface area (Å²) in [6.07, 6.45) is 2.92. The summed E-state index contributed by atoms with van der Waals surface area (Å²) >= 11 is 0. The van der Waals surface area contributed by atoms with E-state index in [0.29, 0.717) is 16.7 Å². The number of carbonyl (C=O) groups excluding carboxylic acids is 1. The van der Waals surface area contributed by atoms with Gasteiger partial charge in [0.15, 0.2) is 0 Å². The van der Waals surface area contributed by atoms with E-state index in [2.05, 4.69) is 15.0 Å². The number of fused-ring (bicyclic) bond motifs is 1. The van der Waals surface area contributed by atoms with Gasteiger partial charge in [-0.1, -0.05) is 18.2 Å². The Balaban J connectivity index is 1.77. The molecule has 0 radical (unpaired) electrons. The first-order valence-corrected chi connectivity index (χ1v) is 8.50. The minimum atomic E-state index is -0.849. The summed E-state index contributed by atoms with van der Waals surface area (Å²) in [5, 5.41) is 0. The largest absolute Gasteiger partial charge is 0.298 e. The minimum Gasteiger partial charge on any atom is -0.298 e. The summed E-state index contributed by atoms with van der Waals surface area (Å²) in [5.74, 6) is -2.13. The van der Waals surface area contributed by atoms with Crippen molar-refractivity contribution in [1.29, 1.82) is 0 Å². The molecule has 0 aliphatic carbocycles. The molecular formula is C21H14F2N4O. The van der Waals surface area contributed by atoms with Crippen molar-refractivity contribution in [1.82, 2.24) is 15.0 Å². The van der Waals surface area contributed by atoms with Gasteiger partial charge in [-0.25, -0.2) is 13.8 Å². The lowest BCUT2D eigenvalue weighted by atomic mass is 10.2. The van der Waals surface area contributed by atoms with Crippen molar-refractivity contribution in [3.8, 4) is 0 Å². The molecule has 0 aliphatic heterocycles. The third kappa shape index (κ3) is 3.55. The van der Waals surface area contributed by atoms with Crippen LogP contribution in [0.15, 0.2) is 73.1 Å². The first kappa shape index (κ1) is 17.7. The SMILES string of the molecule is O=C(c1cnc2ccccc2n1)N(Cc1ccccn1)c1ccc(F)cc1F. The van der Waals surface area contributed by atoms with Crippen LogP contribution in [0, 0.1) is 11.6 Å². The molecule has 0 unspecified atom stereocenters. The van der Waals surface area contributed by atoms with Crippen LogP contribution in [0.1, 0.15) is 16.2 Å².